The number of nitrogens with one attached hydrogen (secondary N) is 7. The summed E-state index contributed by atoms with van der Waals surface area (Å²) in [5, 5.41) is 86.7. The van der Waals surface area contributed by atoms with Crippen LogP contribution in [0.1, 0.15) is 96.0 Å². The van der Waals surface area contributed by atoms with Crippen LogP contribution in [0.3, 0.4) is 0 Å². The van der Waals surface area contributed by atoms with E-state index in [9.17, 15) is 49.8 Å². The van der Waals surface area contributed by atoms with Crippen molar-refractivity contribution in [2.75, 3.05) is 19.6 Å². The van der Waals surface area contributed by atoms with Gasteiger partial charge in [-0.1, -0.05) is 47.5 Å². The number of methoxy groups -OCH3 is 1. The van der Waals surface area contributed by atoms with Crippen molar-refractivity contribution in [2.45, 2.75) is 81.2 Å². The van der Waals surface area contributed by atoms with E-state index in [1.807, 2.05) is 0 Å². The lowest BCUT2D eigenvalue weighted by molar-refractivity contribution is -0.146. The summed E-state index contributed by atoms with van der Waals surface area (Å²) in [6, 6.07) is 8.76. The van der Waals surface area contributed by atoms with E-state index in [4.69, 9.17) is 63.2 Å². The number of aromatic hydroxyl groups is 5. The van der Waals surface area contributed by atoms with Crippen molar-refractivity contribution in [1.82, 2.24) is 37.2 Å². The number of alkyl carbamates (subject to hydrolysis) is 1. The van der Waals surface area contributed by atoms with Crippen molar-refractivity contribution < 1.29 is 97.4 Å². The number of rotatable bonds is 5. The van der Waals surface area contributed by atoms with Gasteiger partial charge in [0, 0.05) is 35.2 Å². The number of aliphatic hydroxyl groups excluding tert-OH is 1. The third-order valence-electron chi connectivity index (χ3n) is 15.6. The van der Waals surface area contributed by atoms with E-state index in [-0.39, 0.29) is 107 Å². The summed E-state index contributed by atoms with van der Waals surface area (Å²) >= 11 is 20.3. The number of ether oxygens (including phenoxy) is 6. The second kappa shape index (κ2) is 26.9. The number of phenols is 5. The lowest BCUT2D eigenvalue weighted by atomic mass is 9.89. The third-order valence-corrected chi connectivity index (χ3v) is 16.3. The van der Waals surface area contributed by atoms with Gasteiger partial charge < -0.3 is 96.3 Å². The Hall–Kier alpha value is -10.9. The molecule has 498 valence electrons. The van der Waals surface area contributed by atoms with Crippen molar-refractivity contribution in [3.8, 4) is 80.1 Å². The molecule has 0 radical (unpaired) electrons. The van der Waals surface area contributed by atoms with Gasteiger partial charge in [-0.05, 0) is 133 Å². The number of fused-ring (bicyclic) bond motifs is 14. The number of aliphatic hydroxyl groups is 1. The zero-order valence-corrected chi connectivity index (χ0v) is 53.0. The molecule has 30 heteroatoms. The van der Waals surface area contributed by atoms with Crippen molar-refractivity contribution >= 4 is 82.3 Å². The predicted molar refractivity (Wildman–Crippen MR) is 339 cm³/mol. The monoisotopic (exact) mass is 1370 g/mol. The van der Waals surface area contributed by atoms with Crippen LogP contribution >= 0.6 is 34.8 Å². The fraction of sp³-hybridized carbons (Fsp3) is 0.242. The van der Waals surface area contributed by atoms with Gasteiger partial charge in [-0.2, -0.15) is 0 Å². The molecule has 13 rings (SSSR count). The van der Waals surface area contributed by atoms with Crippen LogP contribution in [0.25, 0.3) is 11.1 Å². The average molecular weight is 1380 g/mol. The first-order valence-corrected chi connectivity index (χ1v) is 30.5. The molecule has 0 fully saturated rings. The van der Waals surface area contributed by atoms with Gasteiger partial charge in [-0.15, -0.1) is 11.6 Å². The van der Waals surface area contributed by atoms with Crippen LogP contribution in [0.5, 0.6) is 69.0 Å². The first kappa shape index (κ1) is 66.6. The zero-order valence-electron chi connectivity index (χ0n) is 50.7. The molecule has 0 saturated heterocycles. The highest BCUT2D eigenvalue weighted by atomic mass is 35.5. The SMILES string of the molecule is COC(=O)[C@H]1NC(=O)[C@H]2NC(=O)[C@H](NC(=O)[C@@H]3NC(=O)[C@H]4NC(=O)[C@@H](Cc5ccc(c(Cl)c5)Oc5cc3cc(c5OCCCl)Oc3ccc(cc3Cl)[C@H]2O)NC(=O)[C@@H](NC(=O)OC(C)(C)C)c2ccc(O)c(c2)Oc2cc(O)cc4c2)c2ccc(O)c(c2)-c2c(O)cc(O)cc21. The molecule has 17 bridgehead atoms. The van der Waals surface area contributed by atoms with E-state index < -0.39 is 142 Å². The standard InChI is InChI=1S/C66H58Cl3N7O20/c1-66(2,3)96-65(90)76-51-29-7-10-42(80)46(21-29)93-35-18-31(17-33(77)24-35)52-61(86)73-53-32-22-47(94-44-11-5-27(15-38(44)68)16-40(58(83)71-52)70-59(51)84)57(92-14-13-67)48(23-32)95-45-12-8-30(20-39(45)69)56(82)55-63(88)74-54(64(89)91-4)37-25-34(78)26-43(81)49(37)36-19-28(6-9-41(36)79)50(60(85)75-55)72-62(53)87/h5-12,15,17-26,40,50-56,77-82H,13-14,16H2,1-4H3,(H,70,84)(H,71,83)(H,72,87)(H,73,86)(H,74,88)(H,75,85)(H,76,90)/t40-,50-,51+,52+,53-,54+,55+,56-/m1/s1. The molecule has 96 heavy (non-hydrogen) atoms. The summed E-state index contributed by atoms with van der Waals surface area (Å²) < 4.78 is 36.0. The fourth-order valence-corrected chi connectivity index (χ4v) is 11.7. The number of hydrogen-bond donors (Lipinski definition) is 13. The highest BCUT2D eigenvalue weighted by molar-refractivity contribution is 6.32. The van der Waals surface area contributed by atoms with E-state index in [1.54, 1.807) is 20.8 Å². The Kier molecular flexibility index (Phi) is 18.6. The summed E-state index contributed by atoms with van der Waals surface area (Å²) in [7, 11) is 0.967. The first-order chi connectivity index (χ1) is 45.6. The maximum absolute atomic E-state index is 16.0. The van der Waals surface area contributed by atoms with Gasteiger partial charge in [0.2, 0.25) is 41.2 Å². The molecule has 0 spiro atoms. The minimum Gasteiger partial charge on any atom is -0.508 e. The Labute approximate surface area is 559 Å². The van der Waals surface area contributed by atoms with Crippen LogP contribution in [-0.2, 0) is 49.5 Å². The number of halogens is 3. The number of esters is 1. The topological polar surface area (TPSA) is 398 Å². The molecule has 8 atom stereocenters. The van der Waals surface area contributed by atoms with Crippen molar-refractivity contribution in [3.63, 3.8) is 0 Å². The van der Waals surface area contributed by atoms with E-state index >= 15 is 19.2 Å². The minimum atomic E-state index is -2.17. The number of alkyl halides is 1. The predicted octanol–water partition coefficient (Wildman–Crippen LogP) is 7.55. The lowest BCUT2D eigenvalue weighted by Crippen LogP contribution is -2.55. The number of amides is 7. The highest BCUT2D eigenvalue weighted by Gasteiger charge is 2.42. The summed E-state index contributed by atoms with van der Waals surface area (Å²) in [4.78, 5) is 120. The third kappa shape index (κ3) is 14.0. The molecule has 27 nitrogen and oxygen atoms in total. The Morgan fingerprint density at radius 1 is 0.573 bits per heavy atom. The van der Waals surface area contributed by atoms with Crippen molar-refractivity contribution in [2.24, 2.45) is 0 Å². The Morgan fingerprint density at radius 2 is 1.17 bits per heavy atom. The van der Waals surface area contributed by atoms with Gasteiger partial charge in [-0.3, -0.25) is 28.8 Å². The van der Waals surface area contributed by atoms with Crippen LogP contribution in [0.15, 0.2) is 115 Å². The van der Waals surface area contributed by atoms with Crippen LogP contribution in [0, 0.1) is 0 Å². The minimum absolute atomic E-state index is 0.000848. The number of benzene rings is 7. The van der Waals surface area contributed by atoms with Crippen LogP contribution in [0.2, 0.25) is 10.0 Å². The number of hydrogen-bond acceptors (Lipinski definition) is 20. The summed E-state index contributed by atoms with van der Waals surface area (Å²) in [5.74, 6) is -13.5. The molecule has 7 amide bonds. The summed E-state index contributed by atoms with van der Waals surface area (Å²) in [6.07, 6.45) is -3.59. The number of carbonyl (C=O) groups is 8. The van der Waals surface area contributed by atoms with Gasteiger partial charge in [0.1, 0.15) is 94.8 Å². The molecule has 6 heterocycles. The second-order valence-electron chi connectivity index (χ2n) is 23.4. The molecule has 0 saturated carbocycles. The van der Waals surface area contributed by atoms with Gasteiger partial charge in [0.25, 0.3) is 0 Å². The number of phenolic OH excluding ortho intramolecular Hbond substituents is 5. The normalized spacial score (nSPS) is 20.9. The summed E-state index contributed by atoms with van der Waals surface area (Å²) in [6.45, 7) is 4.50. The molecule has 7 aromatic carbocycles. The second-order valence-corrected chi connectivity index (χ2v) is 24.6. The first-order valence-electron chi connectivity index (χ1n) is 29.3. The van der Waals surface area contributed by atoms with Gasteiger partial charge in [0.05, 0.1) is 23.0 Å². The molecule has 13 N–H and O–H groups in total. The molecule has 0 unspecified atom stereocenters. The molecular formula is C66H58Cl3N7O20. The van der Waals surface area contributed by atoms with E-state index in [0.29, 0.717) is 0 Å². The van der Waals surface area contributed by atoms with Gasteiger partial charge in [0.15, 0.2) is 29.0 Å². The molecule has 0 aromatic heterocycles. The maximum Gasteiger partial charge on any atom is 0.408 e. The van der Waals surface area contributed by atoms with E-state index in [0.717, 1.165) is 55.6 Å². The van der Waals surface area contributed by atoms with E-state index in [2.05, 4.69) is 37.2 Å². The fourth-order valence-electron chi connectivity index (χ4n) is 11.2. The number of carbonyl (C=O) groups excluding carboxylic acids is 8. The highest BCUT2D eigenvalue weighted by Crippen LogP contribution is 2.49. The Bertz CT molecular complexity index is 4380. The Balaban J connectivity index is 1.15. The molecule has 7 aromatic rings. The lowest BCUT2D eigenvalue weighted by Gasteiger charge is -2.31. The van der Waals surface area contributed by atoms with Gasteiger partial charge >= 0.3 is 12.1 Å². The van der Waals surface area contributed by atoms with E-state index in [1.165, 1.54) is 66.7 Å². The molecule has 6 aliphatic heterocycles. The van der Waals surface area contributed by atoms with Crippen LogP contribution in [-0.4, -0.2) is 115 Å². The Morgan fingerprint density at radius 3 is 1.82 bits per heavy atom. The van der Waals surface area contributed by atoms with Crippen molar-refractivity contribution in [1.29, 1.82) is 0 Å². The molecular weight excluding hydrogens is 1320 g/mol. The molecule has 0 aliphatic carbocycles. The van der Waals surface area contributed by atoms with Crippen LogP contribution in [0.4, 0.5) is 4.79 Å². The quantitative estimate of drug-likeness (QED) is 0.0584. The van der Waals surface area contributed by atoms with Gasteiger partial charge in [-0.25, -0.2) is 9.59 Å². The molecule has 6 aliphatic rings. The van der Waals surface area contributed by atoms with Crippen LogP contribution < -0.4 is 56.2 Å². The summed E-state index contributed by atoms with van der Waals surface area (Å²) in [5.41, 5.74) is -2.86. The largest absolute Gasteiger partial charge is 0.508 e. The average Bonchev–Trinajstić information content (AvgIpc) is 0.777. The smallest absolute Gasteiger partial charge is 0.408 e. The van der Waals surface area contributed by atoms with Crippen molar-refractivity contribution in [3.05, 3.63) is 164 Å². The zero-order chi connectivity index (χ0) is 68.8. The maximum atomic E-state index is 16.0.